The topological polar surface area (TPSA) is 46.2 Å². The number of thiophene rings is 1. The molecule has 0 spiro atoms. The molecule has 0 saturated heterocycles. The van der Waals surface area contributed by atoms with Crippen LogP contribution in [-0.4, -0.2) is 11.7 Å². The van der Waals surface area contributed by atoms with E-state index in [1.807, 2.05) is 0 Å². The molecule has 0 amide bonds. The largest absolute Gasteiger partial charge is 0.388 e. The summed E-state index contributed by atoms with van der Waals surface area (Å²) < 4.78 is 0. The van der Waals surface area contributed by atoms with Crippen molar-refractivity contribution in [2.24, 2.45) is 5.73 Å². The van der Waals surface area contributed by atoms with Gasteiger partial charge in [0.05, 0.1) is 6.10 Å². The number of rotatable bonds is 3. The minimum atomic E-state index is -0.333. The van der Waals surface area contributed by atoms with Crippen molar-refractivity contribution in [1.29, 1.82) is 0 Å². The molecule has 1 aromatic heterocycles. The average molecular weight is 197 g/mol. The van der Waals surface area contributed by atoms with Crippen molar-refractivity contribution in [3.63, 3.8) is 0 Å². The van der Waals surface area contributed by atoms with Gasteiger partial charge in [-0.1, -0.05) is 0 Å². The summed E-state index contributed by atoms with van der Waals surface area (Å²) in [6.07, 6.45) is 4.03. The van der Waals surface area contributed by atoms with Gasteiger partial charge in [0.2, 0.25) is 0 Å². The molecular formula is C10H15NOS. The van der Waals surface area contributed by atoms with Gasteiger partial charge in [-0.25, -0.2) is 0 Å². The molecule has 72 valence electrons. The van der Waals surface area contributed by atoms with Crippen molar-refractivity contribution in [2.45, 2.75) is 31.8 Å². The second-order valence-corrected chi connectivity index (χ2v) is 4.71. The minimum absolute atomic E-state index is 0.333. The first-order valence-electron chi connectivity index (χ1n) is 4.81. The molecule has 0 fully saturated rings. The maximum absolute atomic E-state index is 9.71. The van der Waals surface area contributed by atoms with Crippen LogP contribution in [0, 0.1) is 0 Å². The molecule has 1 heterocycles. The van der Waals surface area contributed by atoms with Gasteiger partial charge in [0, 0.05) is 9.75 Å². The summed E-state index contributed by atoms with van der Waals surface area (Å²) in [7, 11) is 0. The van der Waals surface area contributed by atoms with Crippen molar-refractivity contribution < 1.29 is 5.11 Å². The van der Waals surface area contributed by atoms with Gasteiger partial charge in [0.25, 0.3) is 0 Å². The zero-order valence-electron chi connectivity index (χ0n) is 7.62. The molecule has 1 aliphatic rings. The van der Waals surface area contributed by atoms with Gasteiger partial charge in [-0.3, -0.25) is 0 Å². The summed E-state index contributed by atoms with van der Waals surface area (Å²) in [6, 6.07) is 2.16. The lowest BCUT2D eigenvalue weighted by molar-refractivity contribution is 0.174. The first kappa shape index (κ1) is 9.19. The molecule has 1 atom stereocenters. The molecule has 2 nitrogen and oxygen atoms in total. The Kier molecular flexibility index (Phi) is 2.67. The monoisotopic (exact) mass is 197 g/mol. The highest BCUT2D eigenvalue weighted by molar-refractivity contribution is 7.12. The standard InChI is InChI=1S/C10H15NOS/c11-5-4-8(12)10-6-7-2-1-3-9(7)13-10/h6,8,12H,1-5,11H2. The van der Waals surface area contributed by atoms with E-state index in [-0.39, 0.29) is 6.10 Å². The smallest absolute Gasteiger partial charge is 0.0894 e. The molecule has 0 radical (unpaired) electrons. The third-order valence-corrected chi connectivity index (χ3v) is 3.87. The molecule has 2 rings (SSSR count). The van der Waals surface area contributed by atoms with E-state index in [0.29, 0.717) is 13.0 Å². The highest BCUT2D eigenvalue weighted by atomic mass is 32.1. The number of fused-ring (bicyclic) bond motifs is 1. The molecule has 0 aliphatic heterocycles. The zero-order chi connectivity index (χ0) is 9.26. The number of hydrogen-bond acceptors (Lipinski definition) is 3. The van der Waals surface area contributed by atoms with Gasteiger partial charge in [-0.15, -0.1) is 11.3 Å². The minimum Gasteiger partial charge on any atom is -0.388 e. The molecule has 3 N–H and O–H groups in total. The predicted molar refractivity (Wildman–Crippen MR) is 55.0 cm³/mol. The van der Waals surface area contributed by atoms with Crippen molar-refractivity contribution in [3.8, 4) is 0 Å². The second kappa shape index (κ2) is 3.78. The number of aryl methyl sites for hydroxylation is 2. The Morgan fingerprint density at radius 1 is 1.54 bits per heavy atom. The van der Waals surface area contributed by atoms with Crippen LogP contribution in [0.1, 0.15) is 34.3 Å². The van der Waals surface area contributed by atoms with E-state index in [9.17, 15) is 5.11 Å². The van der Waals surface area contributed by atoms with Crippen molar-refractivity contribution in [1.82, 2.24) is 0 Å². The Labute approximate surface area is 82.4 Å². The third-order valence-electron chi connectivity index (χ3n) is 2.53. The molecule has 13 heavy (non-hydrogen) atoms. The van der Waals surface area contributed by atoms with Crippen LogP contribution in [0.5, 0.6) is 0 Å². The van der Waals surface area contributed by atoms with Crippen LogP contribution in [0.3, 0.4) is 0 Å². The van der Waals surface area contributed by atoms with E-state index in [2.05, 4.69) is 6.07 Å². The lowest BCUT2D eigenvalue weighted by atomic mass is 10.2. The summed E-state index contributed by atoms with van der Waals surface area (Å²) in [5, 5.41) is 9.71. The number of aliphatic hydroxyl groups is 1. The maximum atomic E-state index is 9.71. The normalized spacial score (nSPS) is 17.4. The van der Waals surface area contributed by atoms with Crippen molar-refractivity contribution >= 4 is 11.3 Å². The van der Waals surface area contributed by atoms with Gasteiger partial charge in [-0.2, -0.15) is 0 Å². The fourth-order valence-corrected chi connectivity index (χ4v) is 3.09. The summed E-state index contributed by atoms with van der Waals surface area (Å²) >= 11 is 1.76. The molecule has 3 heteroatoms. The van der Waals surface area contributed by atoms with E-state index in [0.717, 1.165) is 4.88 Å². The van der Waals surface area contributed by atoms with Gasteiger partial charge >= 0.3 is 0 Å². The van der Waals surface area contributed by atoms with E-state index in [4.69, 9.17) is 5.73 Å². The average Bonchev–Trinajstić information content (AvgIpc) is 2.61. The molecular weight excluding hydrogens is 182 g/mol. The fourth-order valence-electron chi connectivity index (χ4n) is 1.82. The lowest BCUT2D eigenvalue weighted by Gasteiger charge is -2.05. The molecule has 1 aromatic rings. The Balaban J connectivity index is 2.13. The Bertz CT molecular complexity index is 274. The fraction of sp³-hybridized carbons (Fsp3) is 0.600. The van der Waals surface area contributed by atoms with E-state index < -0.39 is 0 Å². The quantitative estimate of drug-likeness (QED) is 0.773. The maximum Gasteiger partial charge on any atom is 0.0894 e. The SMILES string of the molecule is NCCC(O)c1cc2c(s1)CCC2. The third kappa shape index (κ3) is 1.77. The molecule has 1 aliphatic carbocycles. The molecule has 0 aromatic carbocycles. The zero-order valence-corrected chi connectivity index (χ0v) is 8.44. The van der Waals surface area contributed by atoms with Gasteiger partial charge in [0.15, 0.2) is 0 Å². The van der Waals surface area contributed by atoms with Crippen LogP contribution in [0.4, 0.5) is 0 Å². The first-order chi connectivity index (χ1) is 6.31. The van der Waals surface area contributed by atoms with E-state index >= 15 is 0 Å². The van der Waals surface area contributed by atoms with Crippen LogP contribution in [0.25, 0.3) is 0 Å². The molecule has 1 unspecified atom stereocenters. The van der Waals surface area contributed by atoms with Gasteiger partial charge in [-0.05, 0) is 43.9 Å². The highest BCUT2D eigenvalue weighted by Gasteiger charge is 2.17. The molecule has 0 bridgehead atoms. The van der Waals surface area contributed by atoms with E-state index in [1.54, 1.807) is 11.3 Å². The Morgan fingerprint density at radius 2 is 2.38 bits per heavy atom. The highest BCUT2D eigenvalue weighted by Crippen LogP contribution is 2.34. The molecule has 0 saturated carbocycles. The van der Waals surface area contributed by atoms with Crippen LogP contribution in [-0.2, 0) is 12.8 Å². The predicted octanol–water partition coefficient (Wildman–Crippen LogP) is 1.62. The number of nitrogens with two attached hydrogens (primary N) is 1. The van der Waals surface area contributed by atoms with Gasteiger partial charge < -0.3 is 10.8 Å². The van der Waals surface area contributed by atoms with Crippen molar-refractivity contribution in [3.05, 3.63) is 21.4 Å². The van der Waals surface area contributed by atoms with Crippen LogP contribution < -0.4 is 5.73 Å². The summed E-state index contributed by atoms with van der Waals surface area (Å²) in [4.78, 5) is 2.58. The van der Waals surface area contributed by atoms with Crippen LogP contribution in [0.2, 0.25) is 0 Å². The summed E-state index contributed by atoms with van der Waals surface area (Å²) in [5.74, 6) is 0. The van der Waals surface area contributed by atoms with Crippen LogP contribution in [0.15, 0.2) is 6.07 Å². The van der Waals surface area contributed by atoms with Crippen LogP contribution >= 0.6 is 11.3 Å². The summed E-state index contributed by atoms with van der Waals surface area (Å²) in [6.45, 7) is 0.559. The summed E-state index contributed by atoms with van der Waals surface area (Å²) in [5.41, 5.74) is 6.86. The number of hydrogen-bond donors (Lipinski definition) is 2. The second-order valence-electron chi connectivity index (χ2n) is 3.54. The Hall–Kier alpha value is -0.380. The lowest BCUT2D eigenvalue weighted by Crippen LogP contribution is -2.05. The first-order valence-corrected chi connectivity index (χ1v) is 5.62. The van der Waals surface area contributed by atoms with E-state index in [1.165, 1.54) is 29.7 Å². The van der Waals surface area contributed by atoms with Gasteiger partial charge in [0.1, 0.15) is 0 Å². The van der Waals surface area contributed by atoms with Crippen molar-refractivity contribution in [2.75, 3.05) is 6.54 Å². The number of aliphatic hydroxyl groups excluding tert-OH is 1. The Morgan fingerprint density at radius 3 is 3.08 bits per heavy atom.